The summed E-state index contributed by atoms with van der Waals surface area (Å²) in [4.78, 5) is 4.27. The molecule has 5 heteroatoms. The Balaban J connectivity index is 1.74. The predicted octanol–water partition coefficient (Wildman–Crippen LogP) is 3.71. The van der Waals surface area contributed by atoms with Gasteiger partial charge in [0.2, 0.25) is 0 Å². The molecule has 4 nitrogen and oxygen atoms in total. The average molecular weight is 363 g/mol. The number of ether oxygens (including phenoxy) is 2. The van der Waals surface area contributed by atoms with E-state index in [1.54, 1.807) is 0 Å². The molecule has 1 saturated carbocycles. The number of hydrogen-bond donors (Lipinski definition) is 0. The molecule has 0 N–H and O–H groups in total. The highest BCUT2D eigenvalue weighted by atomic mass is 79.9. The van der Waals surface area contributed by atoms with Crippen molar-refractivity contribution in [1.82, 2.24) is 9.55 Å². The van der Waals surface area contributed by atoms with Crippen LogP contribution in [0.4, 0.5) is 0 Å². The van der Waals surface area contributed by atoms with Crippen molar-refractivity contribution in [3.63, 3.8) is 0 Å². The zero-order chi connectivity index (χ0) is 15.0. The van der Waals surface area contributed by atoms with Crippen LogP contribution in [-0.4, -0.2) is 28.6 Å². The minimum absolute atomic E-state index is 0.0862. The summed E-state index contributed by atoms with van der Waals surface area (Å²) in [6.07, 6.45) is 9.62. The minimum Gasteiger partial charge on any atom is -0.348 e. The van der Waals surface area contributed by atoms with Gasteiger partial charge in [0.25, 0.3) is 0 Å². The standard InChI is InChI=1S/C17H19BrN2O2/c18-15-4-2-1-3-14(15)16(20-10-9-19-13-20)5-7-17(8-6-16)21-11-12-22-17/h1-4,9-10,13H,5-8,11-12H2. The SMILES string of the molecule is Brc1ccccc1C1(n2ccnc2)CCC2(CC1)OCCO2. The quantitative estimate of drug-likeness (QED) is 0.816. The maximum atomic E-state index is 5.90. The number of benzene rings is 1. The highest BCUT2D eigenvalue weighted by Gasteiger charge is 2.48. The van der Waals surface area contributed by atoms with Gasteiger partial charge in [-0.15, -0.1) is 0 Å². The maximum Gasteiger partial charge on any atom is 0.168 e. The summed E-state index contributed by atoms with van der Waals surface area (Å²) >= 11 is 3.73. The van der Waals surface area contributed by atoms with Gasteiger partial charge in [0.05, 0.1) is 25.1 Å². The van der Waals surface area contributed by atoms with Crippen molar-refractivity contribution in [2.24, 2.45) is 0 Å². The Hall–Kier alpha value is -1.17. The van der Waals surface area contributed by atoms with E-state index in [2.05, 4.69) is 55.9 Å². The van der Waals surface area contributed by atoms with Crippen molar-refractivity contribution in [1.29, 1.82) is 0 Å². The van der Waals surface area contributed by atoms with Gasteiger partial charge >= 0.3 is 0 Å². The first-order valence-electron chi connectivity index (χ1n) is 7.76. The van der Waals surface area contributed by atoms with Crippen LogP contribution in [0.15, 0.2) is 47.5 Å². The van der Waals surface area contributed by atoms with Gasteiger partial charge in [0.15, 0.2) is 5.79 Å². The average Bonchev–Trinajstić information content (AvgIpc) is 3.22. The third-order valence-electron chi connectivity index (χ3n) is 5.03. The van der Waals surface area contributed by atoms with E-state index in [-0.39, 0.29) is 11.3 Å². The largest absolute Gasteiger partial charge is 0.348 e. The van der Waals surface area contributed by atoms with Crippen LogP contribution in [0.2, 0.25) is 0 Å². The van der Waals surface area contributed by atoms with Crippen LogP contribution in [0.1, 0.15) is 31.2 Å². The molecule has 2 aromatic rings. The molecule has 2 heterocycles. The van der Waals surface area contributed by atoms with E-state index in [1.807, 2.05) is 12.5 Å². The zero-order valence-corrected chi connectivity index (χ0v) is 14.0. The first kappa shape index (κ1) is 14.4. The molecular formula is C17H19BrN2O2. The van der Waals surface area contributed by atoms with Crippen LogP contribution in [-0.2, 0) is 15.0 Å². The number of nitrogens with zero attached hydrogens (tertiary/aromatic N) is 2. The van der Waals surface area contributed by atoms with E-state index in [0.29, 0.717) is 13.2 Å². The molecular weight excluding hydrogens is 344 g/mol. The molecule has 1 saturated heterocycles. The molecule has 0 radical (unpaired) electrons. The fourth-order valence-electron chi connectivity index (χ4n) is 3.85. The fourth-order valence-corrected chi connectivity index (χ4v) is 4.50. The Morgan fingerprint density at radius 3 is 2.41 bits per heavy atom. The van der Waals surface area contributed by atoms with Crippen molar-refractivity contribution < 1.29 is 9.47 Å². The number of imidazole rings is 1. The van der Waals surface area contributed by atoms with E-state index in [4.69, 9.17) is 9.47 Å². The predicted molar refractivity (Wildman–Crippen MR) is 86.5 cm³/mol. The van der Waals surface area contributed by atoms with Crippen molar-refractivity contribution in [2.75, 3.05) is 13.2 Å². The highest BCUT2D eigenvalue weighted by molar-refractivity contribution is 9.10. The fraction of sp³-hybridized carbons (Fsp3) is 0.471. The van der Waals surface area contributed by atoms with Crippen molar-refractivity contribution in [3.05, 3.63) is 53.0 Å². The topological polar surface area (TPSA) is 36.3 Å². The van der Waals surface area contributed by atoms with Gasteiger partial charge in [0.1, 0.15) is 0 Å². The second-order valence-corrected chi connectivity index (χ2v) is 6.94. The third-order valence-corrected chi connectivity index (χ3v) is 5.72. The van der Waals surface area contributed by atoms with Crippen LogP contribution < -0.4 is 0 Å². The summed E-state index contributed by atoms with van der Waals surface area (Å²) < 4.78 is 15.2. The Kier molecular flexibility index (Phi) is 3.59. The monoisotopic (exact) mass is 362 g/mol. The van der Waals surface area contributed by atoms with E-state index < -0.39 is 0 Å². The molecule has 1 spiro atoms. The number of hydrogen-bond acceptors (Lipinski definition) is 3. The van der Waals surface area contributed by atoms with Crippen LogP contribution in [0.5, 0.6) is 0 Å². The lowest BCUT2D eigenvalue weighted by atomic mass is 9.74. The van der Waals surface area contributed by atoms with Crippen LogP contribution in [0.3, 0.4) is 0 Å². The van der Waals surface area contributed by atoms with Gasteiger partial charge < -0.3 is 14.0 Å². The Morgan fingerprint density at radius 1 is 1.05 bits per heavy atom. The first-order valence-corrected chi connectivity index (χ1v) is 8.55. The molecule has 1 aliphatic carbocycles. The van der Waals surface area contributed by atoms with Crippen molar-refractivity contribution in [3.8, 4) is 0 Å². The van der Waals surface area contributed by atoms with Gasteiger partial charge in [-0.1, -0.05) is 34.1 Å². The summed E-state index contributed by atoms with van der Waals surface area (Å²) in [5.41, 5.74) is 1.22. The molecule has 4 rings (SSSR count). The Labute approximate surface area is 138 Å². The normalized spacial score (nSPS) is 23.0. The van der Waals surface area contributed by atoms with Crippen LogP contribution in [0.25, 0.3) is 0 Å². The zero-order valence-electron chi connectivity index (χ0n) is 12.4. The van der Waals surface area contributed by atoms with Gasteiger partial charge in [-0.25, -0.2) is 4.98 Å². The van der Waals surface area contributed by atoms with E-state index in [0.717, 1.165) is 30.2 Å². The van der Waals surface area contributed by atoms with Crippen LogP contribution >= 0.6 is 15.9 Å². The molecule has 22 heavy (non-hydrogen) atoms. The van der Waals surface area contributed by atoms with E-state index in [1.165, 1.54) is 5.56 Å². The lowest BCUT2D eigenvalue weighted by Gasteiger charge is -2.45. The summed E-state index contributed by atoms with van der Waals surface area (Å²) in [7, 11) is 0. The molecule has 0 amide bonds. The summed E-state index contributed by atoms with van der Waals surface area (Å²) in [6, 6.07) is 8.48. The third kappa shape index (κ3) is 2.23. The molecule has 2 aliphatic rings. The Morgan fingerprint density at radius 2 is 1.77 bits per heavy atom. The lowest BCUT2D eigenvalue weighted by molar-refractivity contribution is -0.187. The molecule has 1 aromatic carbocycles. The molecule has 1 aliphatic heterocycles. The molecule has 2 fully saturated rings. The maximum absolute atomic E-state index is 5.90. The van der Waals surface area contributed by atoms with Gasteiger partial charge in [0, 0.05) is 29.7 Å². The second kappa shape index (κ2) is 5.48. The summed E-state index contributed by atoms with van der Waals surface area (Å²) in [5, 5.41) is 0. The smallest absolute Gasteiger partial charge is 0.168 e. The van der Waals surface area contributed by atoms with Crippen molar-refractivity contribution in [2.45, 2.75) is 37.0 Å². The van der Waals surface area contributed by atoms with Gasteiger partial charge in [-0.05, 0) is 24.5 Å². The second-order valence-electron chi connectivity index (χ2n) is 6.09. The molecule has 0 bridgehead atoms. The van der Waals surface area contributed by atoms with Gasteiger partial charge in [-0.2, -0.15) is 0 Å². The van der Waals surface area contributed by atoms with Gasteiger partial charge in [-0.3, -0.25) is 0 Å². The molecule has 0 atom stereocenters. The van der Waals surface area contributed by atoms with E-state index in [9.17, 15) is 0 Å². The van der Waals surface area contributed by atoms with E-state index >= 15 is 0 Å². The van der Waals surface area contributed by atoms with Crippen LogP contribution in [0, 0.1) is 0 Å². The number of aromatic nitrogens is 2. The van der Waals surface area contributed by atoms with Crippen molar-refractivity contribution >= 4 is 15.9 Å². The number of halogens is 1. The summed E-state index contributed by atoms with van der Waals surface area (Å²) in [5.74, 6) is -0.356. The molecule has 116 valence electrons. The Bertz CT molecular complexity index is 640. The molecule has 0 unspecified atom stereocenters. The first-order chi connectivity index (χ1) is 10.7. The highest BCUT2D eigenvalue weighted by Crippen LogP contribution is 2.48. The minimum atomic E-state index is -0.356. The number of rotatable bonds is 2. The lowest BCUT2D eigenvalue weighted by Crippen LogP contribution is -2.45. The molecule has 1 aromatic heterocycles. The summed E-state index contributed by atoms with van der Waals surface area (Å²) in [6.45, 7) is 1.43.